The summed E-state index contributed by atoms with van der Waals surface area (Å²) < 4.78 is 0. The number of benzene rings is 1. The van der Waals surface area contributed by atoms with Gasteiger partial charge in [-0.2, -0.15) is 0 Å². The molecular weight excluding hydrogens is 248 g/mol. The summed E-state index contributed by atoms with van der Waals surface area (Å²) in [4.78, 5) is 12.2. The Kier molecular flexibility index (Phi) is 6.16. The van der Waals surface area contributed by atoms with Crippen molar-refractivity contribution in [2.75, 3.05) is 11.9 Å². The third kappa shape index (κ3) is 4.67. The topological polar surface area (TPSA) is 55.1 Å². The first kappa shape index (κ1) is 15.0. The molecule has 1 rings (SSSR count). The van der Waals surface area contributed by atoms with Gasteiger partial charge in [0.1, 0.15) is 0 Å². The first-order valence-corrected chi connectivity index (χ1v) is 6.67. The van der Waals surface area contributed by atoms with Crippen molar-refractivity contribution in [3.63, 3.8) is 0 Å². The smallest absolute Gasteiger partial charge is 0.227 e. The Labute approximate surface area is 114 Å². The van der Waals surface area contributed by atoms with Gasteiger partial charge >= 0.3 is 0 Å². The third-order valence-electron chi connectivity index (χ3n) is 2.77. The Bertz CT molecular complexity index is 393. The summed E-state index contributed by atoms with van der Waals surface area (Å²) in [7, 11) is 0. The van der Waals surface area contributed by atoms with E-state index in [4.69, 9.17) is 17.3 Å². The van der Waals surface area contributed by atoms with Crippen LogP contribution < -0.4 is 11.1 Å². The van der Waals surface area contributed by atoms with Crippen LogP contribution in [0.15, 0.2) is 24.3 Å². The highest BCUT2D eigenvalue weighted by Gasteiger charge is 2.19. The van der Waals surface area contributed by atoms with Crippen LogP contribution in [-0.4, -0.2) is 12.5 Å². The van der Waals surface area contributed by atoms with E-state index in [0.717, 1.165) is 6.42 Å². The minimum absolute atomic E-state index is 0.00208. The van der Waals surface area contributed by atoms with Gasteiger partial charge in [-0.3, -0.25) is 4.79 Å². The molecule has 0 aliphatic rings. The van der Waals surface area contributed by atoms with Gasteiger partial charge in [-0.15, -0.1) is 0 Å². The van der Waals surface area contributed by atoms with E-state index in [-0.39, 0.29) is 11.8 Å². The fourth-order valence-electron chi connectivity index (χ4n) is 1.92. The van der Waals surface area contributed by atoms with Crippen LogP contribution in [-0.2, 0) is 4.79 Å². The first-order valence-electron chi connectivity index (χ1n) is 6.30. The molecule has 1 amide bonds. The number of hydrogen-bond acceptors (Lipinski definition) is 2. The molecule has 4 heteroatoms. The molecule has 1 aromatic carbocycles. The Morgan fingerprint density at radius 2 is 2.06 bits per heavy atom. The van der Waals surface area contributed by atoms with E-state index in [9.17, 15) is 4.79 Å². The molecule has 1 aromatic rings. The standard InChI is InChI=1S/C14H21ClN2O/c1-10(2)9-11(7-8-16)14(18)17-13-6-4-3-5-12(13)15/h3-6,10-11H,7-9,16H2,1-2H3,(H,17,18). The summed E-state index contributed by atoms with van der Waals surface area (Å²) in [5.74, 6) is 0.423. The average Bonchev–Trinajstić information content (AvgIpc) is 2.31. The number of nitrogens with one attached hydrogen (secondary N) is 1. The second-order valence-corrected chi connectivity index (χ2v) is 5.28. The molecule has 0 saturated heterocycles. The average molecular weight is 269 g/mol. The SMILES string of the molecule is CC(C)CC(CCN)C(=O)Nc1ccccc1Cl. The van der Waals surface area contributed by atoms with Crippen LogP contribution in [0, 0.1) is 11.8 Å². The van der Waals surface area contributed by atoms with E-state index in [1.165, 1.54) is 0 Å². The number of para-hydroxylation sites is 1. The van der Waals surface area contributed by atoms with Crippen molar-refractivity contribution in [1.82, 2.24) is 0 Å². The summed E-state index contributed by atoms with van der Waals surface area (Å²) in [6, 6.07) is 7.25. The fraction of sp³-hybridized carbons (Fsp3) is 0.500. The first-order chi connectivity index (χ1) is 8.54. The van der Waals surface area contributed by atoms with Gasteiger partial charge in [-0.25, -0.2) is 0 Å². The molecule has 1 unspecified atom stereocenters. The third-order valence-corrected chi connectivity index (χ3v) is 3.10. The molecule has 0 aliphatic heterocycles. The van der Waals surface area contributed by atoms with Crippen molar-refractivity contribution in [2.24, 2.45) is 17.6 Å². The van der Waals surface area contributed by atoms with Crippen LogP contribution in [0.1, 0.15) is 26.7 Å². The van der Waals surface area contributed by atoms with Crippen LogP contribution in [0.4, 0.5) is 5.69 Å². The second kappa shape index (κ2) is 7.39. The molecule has 100 valence electrons. The summed E-state index contributed by atoms with van der Waals surface area (Å²) in [6.07, 6.45) is 1.54. The van der Waals surface area contributed by atoms with Gasteiger partial charge < -0.3 is 11.1 Å². The van der Waals surface area contributed by atoms with Crippen LogP contribution in [0.25, 0.3) is 0 Å². The number of halogens is 1. The van der Waals surface area contributed by atoms with Crippen molar-refractivity contribution in [1.29, 1.82) is 0 Å². The maximum atomic E-state index is 12.2. The normalized spacial score (nSPS) is 12.5. The lowest BCUT2D eigenvalue weighted by Gasteiger charge is -2.18. The number of carbonyl (C=O) groups excluding carboxylic acids is 1. The van der Waals surface area contributed by atoms with E-state index >= 15 is 0 Å². The van der Waals surface area contributed by atoms with Gasteiger partial charge in [-0.1, -0.05) is 37.6 Å². The molecule has 0 heterocycles. The van der Waals surface area contributed by atoms with E-state index in [1.54, 1.807) is 12.1 Å². The number of nitrogens with two attached hydrogens (primary N) is 1. The maximum Gasteiger partial charge on any atom is 0.227 e. The van der Waals surface area contributed by atoms with Crippen LogP contribution in [0.5, 0.6) is 0 Å². The predicted octanol–water partition coefficient (Wildman–Crippen LogP) is 3.29. The highest BCUT2D eigenvalue weighted by Crippen LogP contribution is 2.23. The Morgan fingerprint density at radius 1 is 1.39 bits per heavy atom. The second-order valence-electron chi connectivity index (χ2n) is 4.87. The lowest BCUT2D eigenvalue weighted by atomic mass is 9.93. The fourth-order valence-corrected chi connectivity index (χ4v) is 2.11. The van der Waals surface area contributed by atoms with Crippen molar-refractivity contribution in [2.45, 2.75) is 26.7 Å². The lowest BCUT2D eigenvalue weighted by molar-refractivity contribution is -0.120. The molecule has 0 bridgehead atoms. The number of hydrogen-bond donors (Lipinski definition) is 2. The van der Waals surface area contributed by atoms with Gasteiger partial charge in [0.25, 0.3) is 0 Å². The molecule has 0 saturated carbocycles. The van der Waals surface area contributed by atoms with Gasteiger partial charge in [0, 0.05) is 5.92 Å². The number of rotatable bonds is 6. The Hall–Kier alpha value is -1.06. The quantitative estimate of drug-likeness (QED) is 0.832. The molecule has 1 atom stereocenters. The van der Waals surface area contributed by atoms with Gasteiger partial charge in [0.15, 0.2) is 0 Å². The highest BCUT2D eigenvalue weighted by atomic mass is 35.5. The van der Waals surface area contributed by atoms with Gasteiger partial charge in [-0.05, 0) is 37.4 Å². The van der Waals surface area contributed by atoms with E-state index in [1.807, 2.05) is 12.1 Å². The molecule has 0 spiro atoms. The number of carbonyl (C=O) groups is 1. The number of amides is 1. The van der Waals surface area contributed by atoms with E-state index in [2.05, 4.69) is 19.2 Å². The highest BCUT2D eigenvalue weighted by molar-refractivity contribution is 6.33. The Balaban J connectivity index is 2.69. The minimum atomic E-state index is -0.0497. The minimum Gasteiger partial charge on any atom is -0.330 e. The van der Waals surface area contributed by atoms with E-state index < -0.39 is 0 Å². The van der Waals surface area contributed by atoms with Crippen LogP contribution in [0.3, 0.4) is 0 Å². The monoisotopic (exact) mass is 268 g/mol. The zero-order valence-electron chi connectivity index (χ0n) is 10.9. The summed E-state index contributed by atoms with van der Waals surface area (Å²) in [5, 5.41) is 3.43. The zero-order chi connectivity index (χ0) is 13.5. The molecule has 0 radical (unpaired) electrons. The number of anilines is 1. The molecule has 18 heavy (non-hydrogen) atoms. The summed E-state index contributed by atoms with van der Waals surface area (Å²) in [5.41, 5.74) is 6.22. The zero-order valence-corrected chi connectivity index (χ0v) is 11.7. The molecular formula is C14H21ClN2O. The summed E-state index contributed by atoms with van der Waals surface area (Å²) in [6.45, 7) is 4.73. The van der Waals surface area contributed by atoms with Crippen molar-refractivity contribution >= 4 is 23.2 Å². The van der Waals surface area contributed by atoms with Crippen molar-refractivity contribution < 1.29 is 4.79 Å². The maximum absolute atomic E-state index is 12.2. The summed E-state index contributed by atoms with van der Waals surface area (Å²) >= 11 is 6.02. The lowest BCUT2D eigenvalue weighted by Crippen LogP contribution is -2.26. The molecule has 3 N–H and O–H groups in total. The molecule has 0 fully saturated rings. The van der Waals surface area contributed by atoms with Gasteiger partial charge in [0.2, 0.25) is 5.91 Å². The largest absolute Gasteiger partial charge is 0.330 e. The van der Waals surface area contributed by atoms with E-state index in [0.29, 0.717) is 29.6 Å². The molecule has 0 aromatic heterocycles. The Morgan fingerprint density at radius 3 is 2.61 bits per heavy atom. The van der Waals surface area contributed by atoms with Crippen molar-refractivity contribution in [3.8, 4) is 0 Å². The van der Waals surface area contributed by atoms with Crippen LogP contribution >= 0.6 is 11.6 Å². The van der Waals surface area contributed by atoms with Gasteiger partial charge in [0.05, 0.1) is 10.7 Å². The van der Waals surface area contributed by atoms with Crippen molar-refractivity contribution in [3.05, 3.63) is 29.3 Å². The van der Waals surface area contributed by atoms with Crippen LogP contribution in [0.2, 0.25) is 5.02 Å². The molecule has 3 nitrogen and oxygen atoms in total. The predicted molar refractivity (Wildman–Crippen MR) is 76.7 cm³/mol. The molecule has 0 aliphatic carbocycles.